The number of rotatable bonds is 3. The summed E-state index contributed by atoms with van der Waals surface area (Å²) in [4.78, 5) is 11.1. The van der Waals surface area contributed by atoms with Crippen LogP contribution in [0.1, 0.15) is 39.4 Å². The maximum Gasteiger partial charge on any atom is 0.132 e. The van der Waals surface area contributed by atoms with Gasteiger partial charge in [0.15, 0.2) is 0 Å². The first-order valence-corrected chi connectivity index (χ1v) is 7.24. The Hall–Kier alpha value is -1.16. The number of aryl methyl sites for hydroxylation is 1. The van der Waals surface area contributed by atoms with E-state index in [1.54, 1.807) is 0 Å². The molecule has 2 heterocycles. The Bertz CT molecular complexity index is 411. The van der Waals surface area contributed by atoms with Crippen molar-refractivity contribution in [2.45, 2.75) is 46.1 Å². The molecule has 0 radical (unpaired) electrons. The third-order valence-corrected chi connectivity index (χ3v) is 3.53. The third kappa shape index (κ3) is 4.46. The summed E-state index contributed by atoms with van der Waals surface area (Å²) in [5, 5.41) is 3.62. The molecule has 1 aromatic heterocycles. The van der Waals surface area contributed by atoms with Crippen LogP contribution in [-0.2, 0) is 0 Å². The molecule has 0 amide bonds. The number of aromatic nitrogens is 2. The van der Waals surface area contributed by atoms with Crippen LogP contribution >= 0.6 is 0 Å². The summed E-state index contributed by atoms with van der Waals surface area (Å²) in [7, 11) is 0. The maximum absolute atomic E-state index is 4.53. The Labute approximate surface area is 116 Å². The van der Waals surface area contributed by atoms with E-state index in [0.29, 0.717) is 5.92 Å². The van der Waals surface area contributed by atoms with Crippen LogP contribution < -0.4 is 10.2 Å². The summed E-state index contributed by atoms with van der Waals surface area (Å²) < 4.78 is 0. The summed E-state index contributed by atoms with van der Waals surface area (Å²) in [6.45, 7) is 11.9. The molecule has 0 bridgehead atoms. The lowest BCUT2D eigenvalue weighted by atomic mass is 9.96. The number of nitrogens with one attached hydrogen (secondary N) is 1. The zero-order valence-corrected chi connectivity index (χ0v) is 12.6. The van der Waals surface area contributed by atoms with Crippen molar-refractivity contribution >= 4 is 5.82 Å². The number of piperidine rings is 1. The first-order chi connectivity index (χ1) is 8.94. The van der Waals surface area contributed by atoms with Crippen molar-refractivity contribution in [2.75, 3.05) is 24.5 Å². The van der Waals surface area contributed by atoms with Crippen LogP contribution in [0.15, 0.2) is 12.3 Å². The Morgan fingerprint density at radius 3 is 2.89 bits per heavy atom. The van der Waals surface area contributed by atoms with Gasteiger partial charge in [-0.15, -0.1) is 0 Å². The molecular weight excluding hydrogens is 236 g/mol. The average molecular weight is 262 g/mol. The van der Waals surface area contributed by atoms with Gasteiger partial charge in [0.1, 0.15) is 11.6 Å². The van der Waals surface area contributed by atoms with E-state index in [1.807, 2.05) is 19.2 Å². The topological polar surface area (TPSA) is 41.1 Å². The van der Waals surface area contributed by atoms with Gasteiger partial charge in [0.05, 0.1) is 0 Å². The summed E-state index contributed by atoms with van der Waals surface area (Å²) in [5.41, 5.74) is 0.202. The highest BCUT2D eigenvalue weighted by Crippen LogP contribution is 2.21. The molecule has 1 atom stereocenters. The van der Waals surface area contributed by atoms with Gasteiger partial charge < -0.3 is 10.2 Å². The van der Waals surface area contributed by atoms with Crippen molar-refractivity contribution in [2.24, 2.45) is 5.92 Å². The van der Waals surface area contributed by atoms with Crippen LogP contribution in [0.25, 0.3) is 0 Å². The van der Waals surface area contributed by atoms with Gasteiger partial charge in [0.25, 0.3) is 0 Å². The molecule has 1 saturated heterocycles. The second kappa shape index (κ2) is 5.87. The van der Waals surface area contributed by atoms with Gasteiger partial charge in [0, 0.05) is 31.4 Å². The minimum Gasteiger partial charge on any atom is -0.356 e. The molecule has 2 rings (SSSR count). The molecule has 1 aliphatic rings. The summed E-state index contributed by atoms with van der Waals surface area (Å²) in [5.74, 6) is 2.64. The van der Waals surface area contributed by atoms with Gasteiger partial charge in [-0.1, -0.05) is 0 Å². The molecule has 1 fully saturated rings. The van der Waals surface area contributed by atoms with E-state index in [1.165, 1.54) is 12.8 Å². The Morgan fingerprint density at radius 1 is 1.42 bits per heavy atom. The van der Waals surface area contributed by atoms with E-state index < -0.39 is 0 Å². The lowest BCUT2D eigenvalue weighted by Crippen LogP contribution is -2.44. The fourth-order valence-electron chi connectivity index (χ4n) is 2.51. The highest BCUT2D eigenvalue weighted by Gasteiger charge is 2.22. The summed E-state index contributed by atoms with van der Waals surface area (Å²) >= 11 is 0. The van der Waals surface area contributed by atoms with Gasteiger partial charge in [-0.25, -0.2) is 9.97 Å². The number of anilines is 1. The van der Waals surface area contributed by atoms with Gasteiger partial charge in [-0.2, -0.15) is 0 Å². The van der Waals surface area contributed by atoms with Crippen LogP contribution in [0.4, 0.5) is 5.82 Å². The SMILES string of the molecule is Cc1nccc(N2CCCC(CNC(C)(C)C)C2)n1. The molecule has 1 unspecified atom stereocenters. The normalized spacial score (nSPS) is 20.6. The van der Waals surface area contributed by atoms with E-state index in [0.717, 1.165) is 31.3 Å². The molecule has 0 aliphatic carbocycles. The minimum absolute atomic E-state index is 0.202. The van der Waals surface area contributed by atoms with E-state index in [2.05, 4.69) is 41.0 Å². The van der Waals surface area contributed by atoms with Crippen molar-refractivity contribution in [3.63, 3.8) is 0 Å². The van der Waals surface area contributed by atoms with Crippen molar-refractivity contribution < 1.29 is 0 Å². The van der Waals surface area contributed by atoms with Crippen molar-refractivity contribution in [3.05, 3.63) is 18.1 Å². The fourth-order valence-corrected chi connectivity index (χ4v) is 2.51. The molecule has 4 nitrogen and oxygen atoms in total. The fraction of sp³-hybridized carbons (Fsp3) is 0.733. The van der Waals surface area contributed by atoms with Gasteiger partial charge in [-0.3, -0.25) is 0 Å². The second-order valence-electron chi connectivity index (χ2n) is 6.55. The number of hydrogen-bond acceptors (Lipinski definition) is 4. The summed E-state index contributed by atoms with van der Waals surface area (Å²) in [6.07, 6.45) is 4.41. The molecule has 0 aromatic carbocycles. The van der Waals surface area contributed by atoms with Gasteiger partial charge in [-0.05, 0) is 52.5 Å². The van der Waals surface area contributed by atoms with Crippen LogP contribution in [0.5, 0.6) is 0 Å². The highest BCUT2D eigenvalue weighted by molar-refractivity contribution is 5.37. The van der Waals surface area contributed by atoms with E-state index >= 15 is 0 Å². The molecule has 0 spiro atoms. The lowest BCUT2D eigenvalue weighted by molar-refractivity contribution is 0.335. The molecular formula is C15H26N4. The van der Waals surface area contributed by atoms with Gasteiger partial charge in [0.2, 0.25) is 0 Å². The molecule has 4 heteroatoms. The third-order valence-electron chi connectivity index (χ3n) is 3.53. The highest BCUT2D eigenvalue weighted by atomic mass is 15.2. The molecule has 1 aromatic rings. The van der Waals surface area contributed by atoms with Crippen molar-refractivity contribution in [1.29, 1.82) is 0 Å². The van der Waals surface area contributed by atoms with Crippen LogP contribution in [0, 0.1) is 12.8 Å². The Morgan fingerprint density at radius 2 is 2.21 bits per heavy atom. The molecule has 19 heavy (non-hydrogen) atoms. The minimum atomic E-state index is 0.202. The van der Waals surface area contributed by atoms with E-state index in [-0.39, 0.29) is 5.54 Å². The first-order valence-electron chi connectivity index (χ1n) is 7.24. The molecule has 1 aliphatic heterocycles. The second-order valence-corrected chi connectivity index (χ2v) is 6.55. The Balaban J connectivity index is 1.94. The predicted octanol–water partition coefficient (Wildman–Crippen LogP) is 2.39. The zero-order valence-electron chi connectivity index (χ0n) is 12.6. The smallest absolute Gasteiger partial charge is 0.132 e. The van der Waals surface area contributed by atoms with Crippen molar-refractivity contribution in [1.82, 2.24) is 15.3 Å². The zero-order chi connectivity index (χ0) is 13.9. The molecule has 1 N–H and O–H groups in total. The van der Waals surface area contributed by atoms with Crippen LogP contribution in [-0.4, -0.2) is 35.1 Å². The predicted molar refractivity (Wildman–Crippen MR) is 79.5 cm³/mol. The first kappa shape index (κ1) is 14.3. The standard InChI is InChI=1S/C15H26N4/c1-12-16-8-7-14(18-12)19-9-5-6-13(11-19)10-17-15(2,3)4/h7-8,13,17H,5-6,9-11H2,1-4H3. The monoisotopic (exact) mass is 262 g/mol. The largest absolute Gasteiger partial charge is 0.356 e. The summed E-state index contributed by atoms with van der Waals surface area (Å²) in [6, 6.07) is 2.02. The molecule has 0 saturated carbocycles. The van der Waals surface area contributed by atoms with Crippen LogP contribution in [0.2, 0.25) is 0 Å². The lowest BCUT2D eigenvalue weighted by Gasteiger charge is -2.35. The van der Waals surface area contributed by atoms with Crippen molar-refractivity contribution in [3.8, 4) is 0 Å². The van der Waals surface area contributed by atoms with E-state index in [9.17, 15) is 0 Å². The molecule has 106 valence electrons. The maximum atomic E-state index is 4.53. The van der Waals surface area contributed by atoms with E-state index in [4.69, 9.17) is 0 Å². The van der Waals surface area contributed by atoms with Crippen LogP contribution in [0.3, 0.4) is 0 Å². The Kier molecular flexibility index (Phi) is 4.40. The number of nitrogens with zero attached hydrogens (tertiary/aromatic N) is 3. The quantitative estimate of drug-likeness (QED) is 0.908. The van der Waals surface area contributed by atoms with Gasteiger partial charge >= 0.3 is 0 Å². The average Bonchev–Trinajstić information content (AvgIpc) is 2.36. The number of hydrogen-bond donors (Lipinski definition) is 1.